The third-order valence-corrected chi connectivity index (χ3v) is 5.06. The van der Waals surface area contributed by atoms with Crippen LogP contribution in [0, 0.1) is 0 Å². The molecule has 1 aromatic heterocycles. The molecule has 5 heteroatoms. The molecule has 0 radical (unpaired) electrons. The van der Waals surface area contributed by atoms with E-state index in [0.29, 0.717) is 6.54 Å². The lowest BCUT2D eigenvalue weighted by Gasteiger charge is -2.26. The van der Waals surface area contributed by atoms with Crippen LogP contribution in [0.1, 0.15) is 16.5 Å². The molecule has 3 nitrogen and oxygen atoms in total. The third-order valence-electron chi connectivity index (χ3n) is 3.26. The summed E-state index contributed by atoms with van der Waals surface area (Å²) in [4.78, 5) is 3.57. The van der Waals surface area contributed by atoms with Gasteiger partial charge >= 0.3 is 0 Å². The predicted molar refractivity (Wildman–Crippen MR) is 88.3 cm³/mol. The molecule has 1 heterocycles. The molecule has 108 valence electrons. The SMILES string of the molecule is COc1ccc(CN(C)C(CN)c2cc(Br)cs2)cc1. The summed E-state index contributed by atoms with van der Waals surface area (Å²) in [7, 11) is 3.79. The number of thiophene rings is 1. The summed E-state index contributed by atoms with van der Waals surface area (Å²) >= 11 is 5.24. The lowest BCUT2D eigenvalue weighted by atomic mass is 10.1. The first-order valence-electron chi connectivity index (χ1n) is 6.41. The van der Waals surface area contributed by atoms with Gasteiger partial charge in [0.15, 0.2) is 0 Å². The number of halogens is 1. The van der Waals surface area contributed by atoms with Gasteiger partial charge in [-0.1, -0.05) is 12.1 Å². The normalized spacial score (nSPS) is 12.7. The Kier molecular flexibility index (Phi) is 5.60. The Morgan fingerprint density at radius 3 is 2.55 bits per heavy atom. The van der Waals surface area contributed by atoms with Gasteiger partial charge in [0.25, 0.3) is 0 Å². The van der Waals surface area contributed by atoms with Crippen molar-refractivity contribution in [2.24, 2.45) is 5.73 Å². The molecule has 1 atom stereocenters. The summed E-state index contributed by atoms with van der Waals surface area (Å²) in [5.41, 5.74) is 7.20. The van der Waals surface area contributed by atoms with Crippen LogP contribution in [-0.2, 0) is 6.54 Å². The quantitative estimate of drug-likeness (QED) is 0.860. The van der Waals surface area contributed by atoms with Crippen LogP contribution in [-0.4, -0.2) is 25.6 Å². The van der Waals surface area contributed by atoms with Crippen LogP contribution >= 0.6 is 27.3 Å². The first-order chi connectivity index (χ1) is 9.63. The summed E-state index contributed by atoms with van der Waals surface area (Å²) < 4.78 is 6.30. The van der Waals surface area contributed by atoms with E-state index in [1.54, 1.807) is 18.4 Å². The van der Waals surface area contributed by atoms with E-state index in [0.717, 1.165) is 16.8 Å². The zero-order chi connectivity index (χ0) is 14.5. The summed E-state index contributed by atoms with van der Waals surface area (Å²) in [5, 5.41) is 2.10. The zero-order valence-electron chi connectivity index (χ0n) is 11.7. The zero-order valence-corrected chi connectivity index (χ0v) is 14.1. The predicted octanol–water partition coefficient (Wildman–Crippen LogP) is 3.65. The number of hydrogen-bond donors (Lipinski definition) is 1. The van der Waals surface area contributed by atoms with Crippen molar-refractivity contribution < 1.29 is 4.74 Å². The fourth-order valence-electron chi connectivity index (χ4n) is 2.15. The van der Waals surface area contributed by atoms with Crippen molar-refractivity contribution in [1.82, 2.24) is 4.90 Å². The molecule has 1 aromatic carbocycles. The topological polar surface area (TPSA) is 38.5 Å². The standard InChI is InChI=1S/C15H19BrN2OS/c1-18(9-11-3-5-13(19-2)6-4-11)14(8-17)15-7-12(16)10-20-15/h3-7,10,14H,8-9,17H2,1-2H3. The summed E-state index contributed by atoms with van der Waals surface area (Å²) in [6.45, 7) is 1.47. The largest absolute Gasteiger partial charge is 0.497 e. The molecule has 2 aromatic rings. The second-order valence-electron chi connectivity index (χ2n) is 4.68. The fraction of sp³-hybridized carbons (Fsp3) is 0.333. The number of benzene rings is 1. The first-order valence-corrected chi connectivity index (χ1v) is 8.08. The second-order valence-corrected chi connectivity index (χ2v) is 6.54. The van der Waals surface area contributed by atoms with Gasteiger partial charge in [0.1, 0.15) is 5.75 Å². The number of methoxy groups -OCH3 is 1. The van der Waals surface area contributed by atoms with Crippen molar-refractivity contribution in [3.05, 3.63) is 50.6 Å². The van der Waals surface area contributed by atoms with Gasteiger partial charge in [-0.2, -0.15) is 0 Å². The van der Waals surface area contributed by atoms with Crippen LogP contribution in [0.5, 0.6) is 5.75 Å². The van der Waals surface area contributed by atoms with Gasteiger partial charge in [0.05, 0.1) is 13.2 Å². The third kappa shape index (κ3) is 3.82. The summed E-state index contributed by atoms with van der Waals surface area (Å²) in [6.07, 6.45) is 0. The van der Waals surface area contributed by atoms with E-state index in [9.17, 15) is 0 Å². The molecule has 0 bridgehead atoms. The van der Waals surface area contributed by atoms with Crippen LogP contribution in [0.15, 0.2) is 40.2 Å². The van der Waals surface area contributed by atoms with E-state index in [1.165, 1.54) is 10.4 Å². The molecule has 1 unspecified atom stereocenters. The second kappa shape index (κ2) is 7.22. The van der Waals surface area contributed by atoms with Crippen molar-refractivity contribution in [3.63, 3.8) is 0 Å². The Labute approximate surface area is 132 Å². The van der Waals surface area contributed by atoms with Gasteiger partial charge in [-0.25, -0.2) is 0 Å². The molecular formula is C15H19BrN2OS. The van der Waals surface area contributed by atoms with Crippen LogP contribution in [0.2, 0.25) is 0 Å². The van der Waals surface area contributed by atoms with E-state index in [4.69, 9.17) is 10.5 Å². The van der Waals surface area contributed by atoms with Gasteiger partial charge in [-0.15, -0.1) is 11.3 Å². The van der Waals surface area contributed by atoms with Crippen molar-refractivity contribution >= 4 is 27.3 Å². The molecule has 0 aliphatic rings. The fourth-order valence-corrected chi connectivity index (χ4v) is 3.77. The highest BCUT2D eigenvalue weighted by Gasteiger charge is 2.17. The van der Waals surface area contributed by atoms with Crippen LogP contribution < -0.4 is 10.5 Å². The molecule has 0 fully saturated rings. The molecule has 0 saturated heterocycles. The smallest absolute Gasteiger partial charge is 0.118 e. The van der Waals surface area contributed by atoms with Crippen molar-refractivity contribution in [2.45, 2.75) is 12.6 Å². The molecule has 0 amide bonds. The minimum atomic E-state index is 0.244. The van der Waals surface area contributed by atoms with Crippen molar-refractivity contribution in [3.8, 4) is 5.75 Å². The maximum absolute atomic E-state index is 5.94. The minimum absolute atomic E-state index is 0.244. The van der Waals surface area contributed by atoms with Crippen LogP contribution in [0.4, 0.5) is 0 Å². The Hall–Kier alpha value is -0.880. The summed E-state index contributed by atoms with van der Waals surface area (Å²) in [5.74, 6) is 0.883. The van der Waals surface area contributed by atoms with E-state index in [-0.39, 0.29) is 6.04 Å². The Balaban J connectivity index is 2.06. The molecule has 0 spiro atoms. The maximum atomic E-state index is 5.94. The van der Waals surface area contributed by atoms with Crippen molar-refractivity contribution in [2.75, 3.05) is 20.7 Å². The number of hydrogen-bond acceptors (Lipinski definition) is 4. The number of nitrogens with zero attached hydrogens (tertiary/aromatic N) is 1. The Morgan fingerprint density at radius 2 is 2.05 bits per heavy atom. The maximum Gasteiger partial charge on any atom is 0.118 e. The number of likely N-dealkylation sites (N-methyl/N-ethyl adjacent to an activating group) is 1. The Morgan fingerprint density at radius 1 is 1.35 bits per heavy atom. The highest BCUT2D eigenvalue weighted by atomic mass is 79.9. The van der Waals surface area contributed by atoms with Crippen molar-refractivity contribution in [1.29, 1.82) is 0 Å². The van der Waals surface area contributed by atoms with Gasteiger partial charge in [-0.05, 0) is 46.7 Å². The summed E-state index contributed by atoms with van der Waals surface area (Å²) in [6, 6.07) is 10.5. The molecule has 20 heavy (non-hydrogen) atoms. The van der Waals surface area contributed by atoms with E-state index >= 15 is 0 Å². The van der Waals surface area contributed by atoms with E-state index in [2.05, 4.69) is 51.5 Å². The molecule has 0 saturated carbocycles. The number of rotatable bonds is 6. The molecule has 0 aliphatic carbocycles. The van der Waals surface area contributed by atoms with Crippen LogP contribution in [0.25, 0.3) is 0 Å². The number of nitrogens with two attached hydrogens (primary N) is 1. The Bertz CT molecular complexity index is 541. The highest BCUT2D eigenvalue weighted by Crippen LogP contribution is 2.29. The average Bonchev–Trinajstić information content (AvgIpc) is 2.87. The molecule has 0 aliphatic heterocycles. The monoisotopic (exact) mass is 354 g/mol. The van der Waals surface area contributed by atoms with Gasteiger partial charge < -0.3 is 10.5 Å². The number of ether oxygens (including phenoxy) is 1. The van der Waals surface area contributed by atoms with Gasteiger partial charge in [0.2, 0.25) is 0 Å². The highest BCUT2D eigenvalue weighted by molar-refractivity contribution is 9.10. The molecule has 2 N–H and O–H groups in total. The first kappa shape index (κ1) is 15.5. The molecular weight excluding hydrogens is 336 g/mol. The van der Waals surface area contributed by atoms with Gasteiger partial charge in [0, 0.05) is 27.8 Å². The average molecular weight is 355 g/mol. The lowest BCUT2D eigenvalue weighted by molar-refractivity contribution is 0.245. The lowest BCUT2D eigenvalue weighted by Crippen LogP contribution is -2.29. The van der Waals surface area contributed by atoms with Crippen LogP contribution in [0.3, 0.4) is 0 Å². The molecule has 2 rings (SSSR count). The van der Waals surface area contributed by atoms with E-state index in [1.807, 2.05) is 12.1 Å². The van der Waals surface area contributed by atoms with E-state index < -0.39 is 0 Å². The van der Waals surface area contributed by atoms with Gasteiger partial charge in [-0.3, -0.25) is 4.90 Å². The minimum Gasteiger partial charge on any atom is -0.497 e.